The van der Waals surface area contributed by atoms with Crippen LogP contribution in [-0.2, 0) is 13.0 Å². The van der Waals surface area contributed by atoms with Gasteiger partial charge in [0, 0.05) is 26.1 Å². The number of benzene rings is 1. The molecule has 0 saturated heterocycles. The van der Waals surface area contributed by atoms with Gasteiger partial charge in [0.05, 0.1) is 23.3 Å². The summed E-state index contributed by atoms with van der Waals surface area (Å²) in [4.78, 5) is 22.0. The number of fused-ring (bicyclic) bond motifs is 1. The molecule has 0 fully saturated rings. The zero-order chi connectivity index (χ0) is 19.7. The number of carbonyl (C=O) groups excluding carboxylic acids is 1. The van der Waals surface area contributed by atoms with Gasteiger partial charge < -0.3 is 10.3 Å². The van der Waals surface area contributed by atoms with E-state index in [-0.39, 0.29) is 5.69 Å². The first-order valence-corrected chi connectivity index (χ1v) is 8.72. The normalized spacial score (nSPS) is 14.1. The van der Waals surface area contributed by atoms with Crippen molar-refractivity contribution in [1.82, 2.24) is 25.1 Å². The van der Waals surface area contributed by atoms with Gasteiger partial charge in [-0.2, -0.15) is 5.10 Å². The van der Waals surface area contributed by atoms with Crippen LogP contribution in [0, 0.1) is 11.6 Å². The molecule has 3 aromatic rings. The molecule has 1 amide bonds. The standard InChI is InChI=1S/C18H17F3N6O/c19-5-7-27-6-4-12-14(9-27)24-17(23-12)16-13(8-22-26-16)25-18(28)15-10(20)2-1-3-11(15)21/h1-3,8H,4-7,9H2,(H,22,26)(H,23,24)(H,25,28). The highest BCUT2D eigenvalue weighted by Crippen LogP contribution is 2.27. The highest BCUT2D eigenvalue weighted by atomic mass is 19.1. The number of H-pyrrole nitrogens is 2. The van der Waals surface area contributed by atoms with Crippen molar-refractivity contribution in [2.75, 3.05) is 25.1 Å². The van der Waals surface area contributed by atoms with Gasteiger partial charge in [-0.3, -0.25) is 14.8 Å². The molecule has 2 aromatic heterocycles. The summed E-state index contributed by atoms with van der Waals surface area (Å²) in [6.45, 7) is 1.19. The van der Waals surface area contributed by atoms with Gasteiger partial charge in [0.15, 0.2) is 5.82 Å². The van der Waals surface area contributed by atoms with Gasteiger partial charge in [-0.25, -0.2) is 18.2 Å². The zero-order valence-electron chi connectivity index (χ0n) is 14.7. The summed E-state index contributed by atoms with van der Waals surface area (Å²) in [6.07, 6.45) is 2.00. The van der Waals surface area contributed by atoms with Crippen molar-refractivity contribution in [1.29, 1.82) is 0 Å². The molecule has 0 aliphatic carbocycles. The number of aromatic amines is 2. The molecule has 0 bridgehead atoms. The first-order valence-electron chi connectivity index (χ1n) is 8.72. The molecule has 1 aliphatic heterocycles. The Labute approximate surface area is 158 Å². The Morgan fingerprint density at radius 3 is 2.82 bits per heavy atom. The van der Waals surface area contributed by atoms with E-state index in [1.165, 1.54) is 12.3 Å². The van der Waals surface area contributed by atoms with Gasteiger partial charge in [-0.05, 0) is 12.1 Å². The molecule has 4 rings (SSSR count). The van der Waals surface area contributed by atoms with Crippen molar-refractivity contribution in [3.8, 4) is 11.5 Å². The topological polar surface area (TPSA) is 89.7 Å². The molecule has 28 heavy (non-hydrogen) atoms. The van der Waals surface area contributed by atoms with Crippen LogP contribution < -0.4 is 5.32 Å². The Bertz CT molecular complexity index is 994. The van der Waals surface area contributed by atoms with E-state index in [1.807, 2.05) is 4.90 Å². The fourth-order valence-electron chi connectivity index (χ4n) is 3.24. The minimum absolute atomic E-state index is 0.236. The van der Waals surface area contributed by atoms with Crippen LogP contribution >= 0.6 is 0 Å². The van der Waals surface area contributed by atoms with Crippen LogP contribution in [0.25, 0.3) is 11.5 Å². The molecule has 7 nitrogen and oxygen atoms in total. The van der Waals surface area contributed by atoms with Crippen LogP contribution in [0.2, 0.25) is 0 Å². The number of anilines is 1. The number of imidazole rings is 1. The number of nitrogens with one attached hydrogen (secondary N) is 3. The molecule has 0 atom stereocenters. The predicted octanol–water partition coefficient (Wildman–Crippen LogP) is 2.66. The van der Waals surface area contributed by atoms with Crippen molar-refractivity contribution in [3.05, 3.63) is 53.0 Å². The maximum Gasteiger partial charge on any atom is 0.261 e. The van der Waals surface area contributed by atoms with E-state index in [9.17, 15) is 18.0 Å². The lowest BCUT2D eigenvalue weighted by Crippen LogP contribution is -2.32. The van der Waals surface area contributed by atoms with E-state index in [2.05, 4.69) is 25.5 Å². The van der Waals surface area contributed by atoms with Gasteiger partial charge >= 0.3 is 0 Å². The number of aromatic nitrogens is 4. The summed E-state index contributed by atoms with van der Waals surface area (Å²) >= 11 is 0. The van der Waals surface area contributed by atoms with Crippen LogP contribution in [0.1, 0.15) is 21.7 Å². The molecule has 3 heterocycles. The van der Waals surface area contributed by atoms with Gasteiger partial charge in [0.25, 0.3) is 5.91 Å². The molecule has 0 spiro atoms. The highest BCUT2D eigenvalue weighted by molar-refractivity contribution is 6.06. The molecular weight excluding hydrogens is 373 g/mol. The maximum absolute atomic E-state index is 13.8. The third kappa shape index (κ3) is 3.38. The maximum atomic E-state index is 13.8. The second-order valence-corrected chi connectivity index (χ2v) is 6.44. The third-order valence-electron chi connectivity index (χ3n) is 4.63. The van der Waals surface area contributed by atoms with Crippen molar-refractivity contribution in [3.63, 3.8) is 0 Å². The number of carbonyl (C=O) groups is 1. The van der Waals surface area contributed by atoms with Crippen molar-refractivity contribution in [2.24, 2.45) is 0 Å². The highest BCUT2D eigenvalue weighted by Gasteiger charge is 2.23. The van der Waals surface area contributed by atoms with E-state index in [4.69, 9.17) is 0 Å². The fourth-order valence-corrected chi connectivity index (χ4v) is 3.24. The first kappa shape index (κ1) is 18.2. The van der Waals surface area contributed by atoms with Crippen molar-refractivity contribution >= 4 is 11.6 Å². The average molecular weight is 390 g/mol. The Morgan fingerprint density at radius 2 is 2.07 bits per heavy atom. The lowest BCUT2D eigenvalue weighted by molar-refractivity contribution is 0.101. The largest absolute Gasteiger partial charge is 0.339 e. The number of hydrogen-bond donors (Lipinski definition) is 3. The molecular formula is C18H17F3N6O. The van der Waals surface area contributed by atoms with Crippen LogP contribution in [0.5, 0.6) is 0 Å². The Morgan fingerprint density at radius 1 is 1.29 bits per heavy atom. The third-order valence-corrected chi connectivity index (χ3v) is 4.63. The molecule has 10 heteroatoms. The quantitative estimate of drug-likeness (QED) is 0.625. The molecule has 0 unspecified atom stereocenters. The van der Waals surface area contributed by atoms with Crippen molar-refractivity contribution < 1.29 is 18.0 Å². The predicted molar refractivity (Wildman–Crippen MR) is 95.4 cm³/mol. The Kier molecular flexibility index (Phi) is 4.86. The SMILES string of the molecule is O=C(Nc1cn[nH]c1-c1nc2c([nH]1)CN(CCF)CC2)c1c(F)cccc1F. The van der Waals surface area contributed by atoms with Crippen LogP contribution in [0.15, 0.2) is 24.4 Å². The molecule has 0 saturated carbocycles. The lowest BCUT2D eigenvalue weighted by atomic mass is 10.1. The van der Waals surface area contributed by atoms with E-state index < -0.39 is 29.8 Å². The summed E-state index contributed by atoms with van der Waals surface area (Å²) in [7, 11) is 0. The van der Waals surface area contributed by atoms with Gasteiger partial charge in [0.1, 0.15) is 29.6 Å². The molecule has 146 valence electrons. The van der Waals surface area contributed by atoms with Crippen LogP contribution in [0.4, 0.5) is 18.9 Å². The number of hydrogen-bond acceptors (Lipinski definition) is 4. The first-order chi connectivity index (χ1) is 13.6. The van der Waals surface area contributed by atoms with Gasteiger partial charge in [-0.15, -0.1) is 0 Å². The average Bonchev–Trinajstić information content (AvgIpc) is 3.27. The monoisotopic (exact) mass is 390 g/mol. The number of halogens is 3. The van der Waals surface area contributed by atoms with E-state index in [1.54, 1.807) is 0 Å². The number of nitrogens with zero attached hydrogens (tertiary/aromatic N) is 3. The van der Waals surface area contributed by atoms with E-state index in [0.29, 0.717) is 37.6 Å². The number of rotatable bonds is 5. The van der Waals surface area contributed by atoms with E-state index >= 15 is 0 Å². The number of amides is 1. The summed E-state index contributed by atoms with van der Waals surface area (Å²) < 4.78 is 40.2. The minimum atomic E-state index is -0.955. The summed E-state index contributed by atoms with van der Waals surface area (Å²) in [6, 6.07) is 3.21. The fraction of sp³-hybridized carbons (Fsp3) is 0.278. The van der Waals surface area contributed by atoms with E-state index in [0.717, 1.165) is 23.5 Å². The molecule has 3 N–H and O–H groups in total. The van der Waals surface area contributed by atoms with Gasteiger partial charge in [-0.1, -0.05) is 6.07 Å². The molecule has 0 radical (unpaired) electrons. The zero-order valence-corrected chi connectivity index (χ0v) is 14.7. The van der Waals surface area contributed by atoms with Crippen molar-refractivity contribution in [2.45, 2.75) is 13.0 Å². The summed E-state index contributed by atoms with van der Waals surface area (Å²) in [5.41, 5.74) is 1.67. The Balaban J connectivity index is 1.58. The minimum Gasteiger partial charge on any atom is -0.339 e. The van der Waals surface area contributed by atoms with Crippen LogP contribution in [-0.4, -0.2) is 50.7 Å². The second kappa shape index (κ2) is 7.47. The second-order valence-electron chi connectivity index (χ2n) is 6.44. The summed E-state index contributed by atoms with van der Waals surface area (Å²) in [5.74, 6) is -2.40. The lowest BCUT2D eigenvalue weighted by Gasteiger charge is -2.24. The van der Waals surface area contributed by atoms with Gasteiger partial charge in [0.2, 0.25) is 0 Å². The Hall–Kier alpha value is -3.14. The van der Waals surface area contributed by atoms with Crippen LogP contribution in [0.3, 0.4) is 0 Å². The summed E-state index contributed by atoms with van der Waals surface area (Å²) in [5, 5.41) is 9.09. The smallest absolute Gasteiger partial charge is 0.261 e. The molecule has 1 aromatic carbocycles. The molecule has 1 aliphatic rings. The number of alkyl halides is 1.